The van der Waals surface area contributed by atoms with Gasteiger partial charge in [0.25, 0.3) is 0 Å². The molecule has 6 aromatic rings. The van der Waals surface area contributed by atoms with Crippen molar-refractivity contribution in [2.75, 3.05) is 37.7 Å². The summed E-state index contributed by atoms with van der Waals surface area (Å²) in [7, 11) is 0. The Hall–Kier alpha value is -5.51. The summed E-state index contributed by atoms with van der Waals surface area (Å²) in [5.41, 5.74) is 3.51. The van der Waals surface area contributed by atoms with Crippen LogP contribution in [0.15, 0.2) is 122 Å². The first-order chi connectivity index (χ1) is 25.5. The Balaban J connectivity index is 1.04. The minimum absolute atomic E-state index is 0.00796. The normalized spacial score (nSPS) is 19.7. The van der Waals surface area contributed by atoms with Gasteiger partial charge in [0.1, 0.15) is 29.8 Å². The lowest BCUT2D eigenvalue weighted by Gasteiger charge is -2.44. The summed E-state index contributed by atoms with van der Waals surface area (Å²) in [6.45, 7) is 2.53. The molecule has 10 heteroatoms. The third kappa shape index (κ3) is 5.18. The predicted octanol–water partition coefficient (Wildman–Crippen LogP) is 7.27. The molecule has 1 N–H and O–H groups in total. The van der Waals surface area contributed by atoms with Gasteiger partial charge >= 0.3 is 0 Å². The number of fused-ring (bicyclic) bond motifs is 2. The molecular weight excluding hydrogens is 677 g/mol. The minimum Gasteiger partial charge on any atom is -0.507 e. The number of nitrogens with zero attached hydrogens (tertiary/aromatic N) is 5. The topological polar surface area (TPSA) is 81.8 Å². The highest BCUT2D eigenvalue weighted by molar-refractivity contribution is 6.36. The van der Waals surface area contributed by atoms with E-state index in [2.05, 4.69) is 87.6 Å². The van der Waals surface area contributed by atoms with Gasteiger partial charge in [0.05, 0.1) is 39.7 Å². The van der Waals surface area contributed by atoms with Gasteiger partial charge in [0.2, 0.25) is 5.91 Å². The molecule has 0 aliphatic carbocycles. The van der Waals surface area contributed by atoms with E-state index >= 15 is 0 Å². The zero-order chi connectivity index (χ0) is 35.4. The standard InChI is InChI=1S/C42H35ClFN5O3/c43-38-31(36-32(44)17-10-18-35(36)50)23-33-37-39(38)52-22-19-30-24-47(20-21-48(30)40(37)46-26-45-33)41(51)34-25-49(34)42(27-11-4-1-5-12-27,28-13-6-2-7-14-28)29-15-8-3-9-16-29/h1-18,23,26,30,34,50H,19-22,24-25H2/t30-,34?,49?/m1/s1. The van der Waals surface area contributed by atoms with Crippen LogP contribution in [-0.2, 0) is 10.3 Å². The second-order valence-electron chi connectivity index (χ2n) is 13.5. The molecule has 3 aliphatic rings. The Morgan fingerprint density at radius 3 is 2.13 bits per heavy atom. The molecule has 0 saturated carbocycles. The van der Waals surface area contributed by atoms with Gasteiger partial charge in [-0.25, -0.2) is 14.4 Å². The molecule has 3 aliphatic heterocycles. The number of carbonyl (C=O) groups is 1. The van der Waals surface area contributed by atoms with Crippen molar-refractivity contribution in [2.45, 2.75) is 24.0 Å². The van der Waals surface area contributed by atoms with Gasteiger partial charge in [-0.1, -0.05) is 109 Å². The van der Waals surface area contributed by atoms with E-state index in [1.54, 1.807) is 6.07 Å². The molecule has 0 spiro atoms. The zero-order valence-corrected chi connectivity index (χ0v) is 29.0. The minimum atomic E-state index is -0.645. The van der Waals surface area contributed by atoms with Crippen molar-refractivity contribution >= 4 is 34.2 Å². The fourth-order valence-electron chi connectivity index (χ4n) is 8.31. The number of benzene rings is 5. The summed E-state index contributed by atoms with van der Waals surface area (Å²) in [6.07, 6.45) is 2.09. The van der Waals surface area contributed by atoms with Crippen molar-refractivity contribution < 1.29 is 19.0 Å². The van der Waals surface area contributed by atoms with Crippen molar-refractivity contribution in [2.24, 2.45) is 0 Å². The SMILES string of the molecule is O=C(C1CN1C(c1ccccc1)(c1ccccc1)c1ccccc1)N1CCN2c3ncnc4cc(-c5c(O)cccc5F)c(Cl)c(c34)OCC[C@@H]2C1. The molecule has 8 nitrogen and oxygen atoms in total. The lowest BCUT2D eigenvalue weighted by atomic mass is 9.76. The van der Waals surface area contributed by atoms with Crippen LogP contribution in [-0.4, -0.2) is 75.7 Å². The van der Waals surface area contributed by atoms with E-state index < -0.39 is 11.4 Å². The van der Waals surface area contributed by atoms with Crippen molar-refractivity contribution in [1.82, 2.24) is 19.8 Å². The van der Waals surface area contributed by atoms with Crippen LogP contribution in [0.5, 0.6) is 11.5 Å². The molecule has 2 fully saturated rings. The second kappa shape index (κ2) is 12.9. The van der Waals surface area contributed by atoms with Gasteiger partial charge < -0.3 is 19.6 Å². The maximum atomic E-state index is 15.0. The summed E-state index contributed by atoms with van der Waals surface area (Å²) in [5.74, 6) is 0.305. The molecule has 3 atom stereocenters. The zero-order valence-electron chi connectivity index (χ0n) is 28.2. The van der Waals surface area contributed by atoms with Gasteiger partial charge in [-0.2, -0.15) is 0 Å². The van der Waals surface area contributed by atoms with Crippen molar-refractivity contribution in [3.05, 3.63) is 149 Å². The first kappa shape index (κ1) is 32.4. The lowest BCUT2D eigenvalue weighted by Crippen LogP contribution is -2.57. The summed E-state index contributed by atoms with van der Waals surface area (Å²) in [5, 5.41) is 11.4. The smallest absolute Gasteiger partial charge is 0.241 e. The molecule has 4 heterocycles. The maximum Gasteiger partial charge on any atom is 0.241 e. The van der Waals surface area contributed by atoms with Crippen molar-refractivity contribution in [3.8, 4) is 22.6 Å². The third-order valence-electron chi connectivity index (χ3n) is 10.7. The number of aromatic hydroxyl groups is 1. The van der Waals surface area contributed by atoms with Crippen LogP contribution in [0.25, 0.3) is 22.0 Å². The van der Waals surface area contributed by atoms with Gasteiger partial charge in [-0.05, 0) is 34.9 Å². The fraction of sp³-hybridized carbons (Fsp3) is 0.214. The predicted molar refractivity (Wildman–Crippen MR) is 199 cm³/mol. The molecule has 2 unspecified atom stereocenters. The number of phenolic OH excluding ortho intramolecular Hbond substituents is 1. The largest absolute Gasteiger partial charge is 0.507 e. The van der Waals surface area contributed by atoms with Gasteiger partial charge in [0.15, 0.2) is 5.75 Å². The maximum absolute atomic E-state index is 15.0. The quantitative estimate of drug-likeness (QED) is 0.144. The van der Waals surface area contributed by atoms with Crippen LogP contribution in [0, 0.1) is 5.82 Å². The Kier molecular flexibility index (Phi) is 8.05. The number of hydrogen-bond donors (Lipinski definition) is 1. The van der Waals surface area contributed by atoms with E-state index in [1.165, 1.54) is 24.5 Å². The van der Waals surface area contributed by atoms with Crippen LogP contribution in [0.2, 0.25) is 5.02 Å². The number of phenols is 1. The van der Waals surface area contributed by atoms with E-state index in [0.29, 0.717) is 67.2 Å². The number of hydrogen-bond acceptors (Lipinski definition) is 7. The van der Waals surface area contributed by atoms with Crippen LogP contribution in [0.4, 0.5) is 10.2 Å². The van der Waals surface area contributed by atoms with Crippen LogP contribution in [0.3, 0.4) is 0 Å². The first-order valence-corrected chi connectivity index (χ1v) is 17.9. The third-order valence-corrected chi connectivity index (χ3v) is 11.1. The number of halogens is 2. The summed E-state index contributed by atoms with van der Waals surface area (Å²) < 4.78 is 21.3. The van der Waals surface area contributed by atoms with Gasteiger partial charge in [0, 0.05) is 38.2 Å². The highest BCUT2D eigenvalue weighted by Gasteiger charge is 2.57. The molecule has 9 rings (SSSR count). The Bertz CT molecular complexity index is 2180. The number of amides is 1. The Morgan fingerprint density at radius 1 is 0.846 bits per heavy atom. The molecule has 0 radical (unpaired) electrons. The van der Waals surface area contributed by atoms with Crippen LogP contribution < -0.4 is 9.64 Å². The number of carbonyl (C=O) groups excluding carboxylic acids is 1. The summed E-state index contributed by atoms with van der Waals surface area (Å²) in [6, 6.07) is 36.8. The number of aromatic nitrogens is 2. The van der Waals surface area contributed by atoms with E-state index in [-0.39, 0.29) is 34.3 Å². The molecule has 5 aromatic carbocycles. The van der Waals surface area contributed by atoms with Crippen LogP contribution in [0.1, 0.15) is 23.1 Å². The molecule has 1 aromatic heterocycles. The molecular formula is C42H35ClFN5O3. The van der Waals surface area contributed by atoms with E-state index in [9.17, 15) is 14.3 Å². The Morgan fingerprint density at radius 2 is 1.50 bits per heavy atom. The average Bonchev–Trinajstić information content (AvgIpc) is 3.97. The average molecular weight is 712 g/mol. The van der Waals surface area contributed by atoms with Gasteiger partial charge in [-0.15, -0.1) is 0 Å². The molecule has 52 heavy (non-hydrogen) atoms. The number of anilines is 1. The van der Waals surface area contributed by atoms with E-state index in [0.717, 1.165) is 16.7 Å². The number of piperazine rings is 1. The lowest BCUT2D eigenvalue weighted by molar-refractivity contribution is -0.132. The number of rotatable bonds is 6. The molecule has 1 amide bonds. The van der Waals surface area contributed by atoms with E-state index in [4.69, 9.17) is 21.3 Å². The van der Waals surface area contributed by atoms with E-state index in [1.807, 2.05) is 23.1 Å². The summed E-state index contributed by atoms with van der Waals surface area (Å²) in [4.78, 5) is 30.3. The van der Waals surface area contributed by atoms with Crippen molar-refractivity contribution in [3.63, 3.8) is 0 Å². The monoisotopic (exact) mass is 711 g/mol. The molecule has 260 valence electrons. The van der Waals surface area contributed by atoms with Crippen LogP contribution >= 0.6 is 11.6 Å². The van der Waals surface area contributed by atoms with Crippen molar-refractivity contribution in [1.29, 1.82) is 0 Å². The second-order valence-corrected chi connectivity index (χ2v) is 13.9. The molecule has 0 bridgehead atoms. The van der Waals surface area contributed by atoms with Gasteiger partial charge in [-0.3, -0.25) is 9.69 Å². The Labute approximate surface area is 305 Å². The molecule has 2 saturated heterocycles. The number of ether oxygens (including phenoxy) is 1. The highest BCUT2D eigenvalue weighted by Crippen LogP contribution is 2.50. The summed E-state index contributed by atoms with van der Waals surface area (Å²) >= 11 is 6.93. The first-order valence-electron chi connectivity index (χ1n) is 17.5. The highest BCUT2D eigenvalue weighted by atomic mass is 35.5. The fourth-order valence-corrected chi connectivity index (χ4v) is 8.61.